The molecule has 106 valence electrons. The Bertz CT molecular complexity index is 644. The minimum atomic E-state index is -0.915. The standard InChI is InChI=1S/C15H18N2O2S/c1-20-15(7-2-3-8-15)9-17-10-16-13-11(14(18)19)5-4-6-12(13)17/h4-6,10H,2-3,7-9H2,1H3,(H,18,19). The molecule has 0 aliphatic heterocycles. The van der Waals surface area contributed by atoms with Gasteiger partial charge in [-0.1, -0.05) is 18.9 Å². The normalized spacial score (nSPS) is 17.6. The van der Waals surface area contributed by atoms with E-state index in [1.54, 1.807) is 18.5 Å². The molecule has 1 aromatic heterocycles. The van der Waals surface area contributed by atoms with Crippen molar-refractivity contribution >= 4 is 28.8 Å². The van der Waals surface area contributed by atoms with Crippen LogP contribution in [0.1, 0.15) is 36.0 Å². The van der Waals surface area contributed by atoms with Crippen molar-refractivity contribution < 1.29 is 9.90 Å². The van der Waals surface area contributed by atoms with Crippen molar-refractivity contribution in [3.8, 4) is 0 Å². The number of hydrogen-bond donors (Lipinski definition) is 1. The highest BCUT2D eigenvalue weighted by atomic mass is 32.2. The number of aromatic carboxylic acids is 1. The van der Waals surface area contributed by atoms with Crippen LogP contribution in [0.5, 0.6) is 0 Å². The SMILES string of the molecule is CSC1(Cn2cnc3c(C(=O)O)cccc32)CCCC1. The van der Waals surface area contributed by atoms with Gasteiger partial charge >= 0.3 is 5.97 Å². The molecular weight excluding hydrogens is 272 g/mol. The summed E-state index contributed by atoms with van der Waals surface area (Å²) in [5.41, 5.74) is 1.80. The zero-order valence-corrected chi connectivity index (χ0v) is 12.3. The molecule has 5 heteroatoms. The Kier molecular flexibility index (Phi) is 3.46. The van der Waals surface area contributed by atoms with E-state index in [4.69, 9.17) is 0 Å². The van der Waals surface area contributed by atoms with Gasteiger partial charge in [0.15, 0.2) is 0 Å². The molecule has 0 unspecified atom stereocenters. The number of aromatic nitrogens is 2. The predicted molar refractivity (Wildman–Crippen MR) is 81.4 cm³/mol. The average molecular weight is 290 g/mol. The molecule has 1 aromatic carbocycles. The highest BCUT2D eigenvalue weighted by molar-refractivity contribution is 8.00. The first kappa shape index (κ1) is 13.5. The monoisotopic (exact) mass is 290 g/mol. The summed E-state index contributed by atoms with van der Waals surface area (Å²) in [6.07, 6.45) is 8.99. The molecule has 0 amide bonds. The Morgan fingerprint density at radius 1 is 1.45 bits per heavy atom. The van der Waals surface area contributed by atoms with E-state index in [2.05, 4.69) is 15.8 Å². The van der Waals surface area contributed by atoms with Crippen molar-refractivity contribution in [3.63, 3.8) is 0 Å². The number of para-hydroxylation sites is 1. The molecule has 1 saturated carbocycles. The number of benzene rings is 1. The van der Waals surface area contributed by atoms with E-state index in [9.17, 15) is 9.90 Å². The zero-order valence-electron chi connectivity index (χ0n) is 11.5. The van der Waals surface area contributed by atoms with Crippen LogP contribution in [0.2, 0.25) is 0 Å². The molecule has 0 radical (unpaired) electrons. The third-order valence-electron chi connectivity index (χ3n) is 4.29. The number of imidazole rings is 1. The average Bonchev–Trinajstić information content (AvgIpc) is 3.07. The molecule has 0 atom stereocenters. The maximum Gasteiger partial charge on any atom is 0.337 e. The molecule has 3 rings (SSSR count). The van der Waals surface area contributed by atoms with E-state index in [-0.39, 0.29) is 10.3 Å². The van der Waals surface area contributed by atoms with Crippen molar-refractivity contribution in [1.29, 1.82) is 0 Å². The smallest absolute Gasteiger partial charge is 0.337 e. The summed E-state index contributed by atoms with van der Waals surface area (Å²) in [5, 5.41) is 9.22. The lowest BCUT2D eigenvalue weighted by molar-refractivity contribution is 0.0699. The van der Waals surface area contributed by atoms with Gasteiger partial charge in [0.2, 0.25) is 0 Å². The lowest BCUT2D eigenvalue weighted by Gasteiger charge is -2.27. The van der Waals surface area contributed by atoms with Crippen LogP contribution in [-0.4, -0.2) is 31.6 Å². The molecule has 20 heavy (non-hydrogen) atoms. The Balaban J connectivity index is 2.01. The second kappa shape index (κ2) is 5.13. The summed E-state index contributed by atoms with van der Waals surface area (Å²) in [5.74, 6) is -0.915. The Morgan fingerprint density at radius 3 is 2.85 bits per heavy atom. The number of hydrogen-bond acceptors (Lipinski definition) is 3. The summed E-state index contributed by atoms with van der Waals surface area (Å²) in [7, 11) is 0. The van der Waals surface area contributed by atoms with Crippen LogP contribution >= 0.6 is 11.8 Å². The molecule has 1 N–H and O–H groups in total. The van der Waals surface area contributed by atoms with E-state index in [1.807, 2.05) is 17.8 Å². The second-order valence-electron chi connectivity index (χ2n) is 5.45. The number of carbonyl (C=O) groups is 1. The minimum absolute atomic E-state index is 0.283. The molecule has 1 aliphatic carbocycles. The van der Waals surface area contributed by atoms with E-state index in [1.165, 1.54) is 25.7 Å². The third-order valence-corrected chi connectivity index (χ3v) is 5.69. The lowest BCUT2D eigenvalue weighted by Crippen LogP contribution is -2.26. The summed E-state index contributed by atoms with van der Waals surface area (Å²) in [6.45, 7) is 0.910. The van der Waals surface area contributed by atoms with Crippen molar-refractivity contribution in [3.05, 3.63) is 30.1 Å². The summed E-state index contributed by atoms with van der Waals surface area (Å²) in [4.78, 5) is 15.6. The maximum atomic E-state index is 11.2. The first-order valence-corrected chi connectivity index (χ1v) is 8.10. The molecule has 4 nitrogen and oxygen atoms in total. The van der Waals surface area contributed by atoms with Crippen molar-refractivity contribution in [1.82, 2.24) is 9.55 Å². The van der Waals surface area contributed by atoms with Gasteiger partial charge in [0.05, 0.1) is 17.4 Å². The predicted octanol–water partition coefficient (Wildman–Crippen LogP) is 3.41. The van der Waals surface area contributed by atoms with Crippen LogP contribution in [0.3, 0.4) is 0 Å². The molecular formula is C15H18N2O2S. The summed E-state index contributed by atoms with van der Waals surface area (Å²) in [6, 6.07) is 5.37. The molecule has 0 spiro atoms. The molecule has 0 saturated heterocycles. The first-order chi connectivity index (χ1) is 9.65. The molecule has 1 fully saturated rings. The van der Waals surface area contributed by atoms with Crippen LogP contribution in [0.25, 0.3) is 11.0 Å². The fourth-order valence-electron chi connectivity index (χ4n) is 3.14. The molecule has 0 bridgehead atoms. The molecule has 2 aromatic rings. The topological polar surface area (TPSA) is 55.1 Å². The highest BCUT2D eigenvalue weighted by Crippen LogP contribution is 2.42. The quantitative estimate of drug-likeness (QED) is 0.937. The van der Waals surface area contributed by atoms with Gasteiger partial charge in [-0.15, -0.1) is 0 Å². The number of fused-ring (bicyclic) bond motifs is 1. The second-order valence-corrected chi connectivity index (χ2v) is 6.72. The maximum absolute atomic E-state index is 11.2. The van der Waals surface area contributed by atoms with Crippen LogP contribution < -0.4 is 0 Å². The van der Waals surface area contributed by atoms with Gasteiger partial charge in [0.1, 0.15) is 5.52 Å². The van der Waals surface area contributed by atoms with Crippen LogP contribution in [0, 0.1) is 0 Å². The molecule has 1 aliphatic rings. The van der Waals surface area contributed by atoms with Crippen molar-refractivity contribution in [2.45, 2.75) is 37.0 Å². The zero-order chi connectivity index (χ0) is 14.2. The van der Waals surface area contributed by atoms with E-state index in [0.29, 0.717) is 5.52 Å². The summed E-state index contributed by atoms with van der Waals surface area (Å²) < 4.78 is 2.40. The van der Waals surface area contributed by atoms with Gasteiger partial charge in [0.25, 0.3) is 0 Å². The number of nitrogens with zero attached hydrogens (tertiary/aromatic N) is 2. The van der Waals surface area contributed by atoms with Gasteiger partial charge in [-0.05, 0) is 31.2 Å². The van der Waals surface area contributed by atoms with E-state index < -0.39 is 5.97 Å². The Hall–Kier alpha value is -1.49. The van der Waals surface area contributed by atoms with Gasteiger partial charge in [0, 0.05) is 11.3 Å². The van der Waals surface area contributed by atoms with E-state index >= 15 is 0 Å². The Morgan fingerprint density at radius 2 is 2.20 bits per heavy atom. The summed E-state index contributed by atoms with van der Waals surface area (Å²) >= 11 is 1.93. The largest absolute Gasteiger partial charge is 0.478 e. The number of carboxylic acids is 1. The van der Waals surface area contributed by atoms with Gasteiger partial charge < -0.3 is 9.67 Å². The van der Waals surface area contributed by atoms with Crippen LogP contribution in [0.4, 0.5) is 0 Å². The Labute approximate surface area is 122 Å². The van der Waals surface area contributed by atoms with E-state index in [0.717, 1.165) is 12.1 Å². The third kappa shape index (κ3) is 2.20. The lowest BCUT2D eigenvalue weighted by atomic mass is 10.1. The minimum Gasteiger partial charge on any atom is -0.478 e. The van der Waals surface area contributed by atoms with Crippen molar-refractivity contribution in [2.24, 2.45) is 0 Å². The van der Waals surface area contributed by atoms with Crippen LogP contribution in [-0.2, 0) is 6.54 Å². The van der Waals surface area contributed by atoms with Crippen LogP contribution in [0.15, 0.2) is 24.5 Å². The van der Waals surface area contributed by atoms with Gasteiger partial charge in [-0.3, -0.25) is 0 Å². The van der Waals surface area contributed by atoms with Crippen molar-refractivity contribution in [2.75, 3.05) is 6.26 Å². The number of carboxylic acid groups (broad SMARTS) is 1. The first-order valence-electron chi connectivity index (χ1n) is 6.87. The number of thioether (sulfide) groups is 1. The highest BCUT2D eigenvalue weighted by Gasteiger charge is 2.33. The van der Waals surface area contributed by atoms with Gasteiger partial charge in [-0.2, -0.15) is 11.8 Å². The van der Waals surface area contributed by atoms with Gasteiger partial charge in [-0.25, -0.2) is 9.78 Å². The molecule has 1 heterocycles. The number of rotatable bonds is 4. The fourth-order valence-corrected chi connectivity index (χ4v) is 4.11. The fraction of sp³-hybridized carbons (Fsp3) is 0.467.